The van der Waals surface area contributed by atoms with E-state index in [1.807, 2.05) is 0 Å². The van der Waals surface area contributed by atoms with E-state index in [9.17, 15) is 4.79 Å². The Morgan fingerprint density at radius 1 is 1.24 bits per heavy atom. The summed E-state index contributed by atoms with van der Waals surface area (Å²) in [7, 11) is 0. The monoisotopic (exact) mass is 264 g/mol. The normalized spacial score (nSPS) is 13.1. The highest BCUT2D eigenvalue weighted by atomic mass is 35.5. The van der Waals surface area contributed by atoms with E-state index in [0.717, 1.165) is 12.8 Å². The van der Waals surface area contributed by atoms with Crippen LogP contribution in [0, 0.1) is 11.3 Å². The molecule has 0 aromatic rings. The lowest BCUT2D eigenvalue weighted by atomic mass is 9.82. The Hall–Kier alpha value is -0.280. The molecule has 0 aromatic carbocycles. The van der Waals surface area contributed by atoms with Crippen molar-refractivity contribution in [2.45, 2.75) is 59.9 Å². The summed E-state index contributed by atoms with van der Waals surface area (Å²) < 4.78 is 0. The van der Waals surface area contributed by atoms with E-state index in [0.29, 0.717) is 18.9 Å². The fourth-order valence-electron chi connectivity index (χ4n) is 1.62. The zero-order valence-corrected chi connectivity index (χ0v) is 12.7. The summed E-state index contributed by atoms with van der Waals surface area (Å²) in [5, 5.41) is 3.09. The first-order valence-corrected chi connectivity index (χ1v) is 6.26. The Kier molecular flexibility index (Phi) is 9.82. The predicted molar refractivity (Wildman–Crippen MR) is 76.4 cm³/mol. The Morgan fingerprint density at radius 3 is 2.12 bits per heavy atom. The minimum Gasteiger partial charge on any atom is -0.353 e. The van der Waals surface area contributed by atoms with Crippen LogP contribution in [0.3, 0.4) is 0 Å². The molecule has 0 saturated carbocycles. The molecule has 0 bridgehead atoms. The molecule has 4 heteroatoms. The number of rotatable bonds is 6. The summed E-state index contributed by atoms with van der Waals surface area (Å²) >= 11 is 0. The summed E-state index contributed by atoms with van der Waals surface area (Å²) in [5.41, 5.74) is 5.49. The average Bonchev–Trinajstić information content (AvgIpc) is 2.10. The molecule has 1 unspecified atom stereocenters. The van der Waals surface area contributed by atoms with Crippen molar-refractivity contribution in [2.24, 2.45) is 17.1 Å². The van der Waals surface area contributed by atoms with Crippen molar-refractivity contribution in [3.8, 4) is 0 Å². The maximum atomic E-state index is 11.6. The van der Waals surface area contributed by atoms with Crippen LogP contribution in [0.15, 0.2) is 0 Å². The number of halogens is 1. The SMILES string of the molecule is CC(C)CCC(NC(=O)CCN)C(C)(C)C.Cl. The van der Waals surface area contributed by atoms with Gasteiger partial charge in [-0.15, -0.1) is 12.4 Å². The summed E-state index contributed by atoms with van der Waals surface area (Å²) in [6, 6.07) is 0.244. The molecule has 0 aromatic heterocycles. The highest BCUT2D eigenvalue weighted by Crippen LogP contribution is 2.24. The molecule has 3 N–H and O–H groups in total. The second-order valence-electron chi connectivity index (χ2n) is 6.00. The number of nitrogens with one attached hydrogen (secondary N) is 1. The standard InChI is InChI=1S/C13H28N2O.ClH/c1-10(2)6-7-11(13(3,4)5)15-12(16)8-9-14;/h10-11H,6-9,14H2,1-5H3,(H,15,16);1H. The van der Waals surface area contributed by atoms with Gasteiger partial charge in [-0.25, -0.2) is 0 Å². The molecule has 0 heterocycles. The molecule has 0 aliphatic heterocycles. The molecule has 104 valence electrons. The van der Waals surface area contributed by atoms with Crippen LogP contribution in [0.4, 0.5) is 0 Å². The molecule has 0 saturated heterocycles. The molecule has 0 aliphatic carbocycles. The van der Waals surface area contributed by atoms with Crippen LogP contribution in [0.25, 0.3) is 0 Å². The van der Waals surface area contributed by atoms with Gasteiger partial charge in [0.05, 0.1) is 0 Å². The van der Waals surface area contributed by atoms with Crippen molar-refractivity contribution in [1.29, 1.82) is 0 Å². The summed E-state index contributed by atoms with van der Waals surface area (Å²) in [5.74, 6) is 0.752. The van der Waals surface area contributed by atoms with E-state index in [4.69, 9.17) is 5.73 Å². The van der Waals surface area contributed by atoms with E-state index in [1.165, 1.54) is 0 Å². The third-order valence-electron chi connectivity index (χ3n) is 2.78. The highest BCUT2D eigenvalue weighted by Gasteiger charge is 2.25. The summed E-state index contributed by atoms with van der Waals surface area (Å²) in [6.07, 6.45) is 2.61. The van der Waals surface area contributed by atoms with Crippen LogP contribution in [-0.4, -0.2) is 18.5 Å². The molecule has 1 amide bonds. The van der Waals surface area contributed by atoms with Gasteiger partial charge in [0.2, 0.25) is 5.91 Å². The van der Waals surface area contributed by atoms with Crippen molar-refractivity contribution < 1.29 is 4.79 Å². The van der Waals surface area contributed by atoms with E-state index in [2.05, 4.69) is 39.9 Å². The molecule has 3 nitrogen and oxygen atoms in total. The second kappa shape index (κ2) is 8.76. The lowest BCUT2D eigenvalue weighted by Gasteiger charge is -2.32. The minimum atomic E-state index is 0. The van der Waals surface area contributed by atoms with Gasteiger partial charge in [0.25, 0.3) is 0 Å². The van der Waals surface area contributed by atoms with Gasteiger partial charge in [-0.1, -0.05) is 34.6 Å². The van der Waals surface area contributed by atoms with Crippen molar-refractivity contribution in [3.05, 3.63) is 0 Å². The summed E-state index contributed by atoms with van der Waals surface area (Å²) in [4.78, 5) is 11.6. The van der Waals surface area contributed by atoms with Gasteiger partial charge in [-0.3, -0.25) is 4.79 Å². The molecule has 0 rings (SSSR count). The fourth-order valence-corrected chi connectivity index (χ4v) is 1.62. The highest BCUT2D eigenvalue weighted by molar-refractivity contribution is 5.85. The van der Waals surface area contributed by atoms with Crippen LogP contribution in [-0.2, 0) is 4.79 Å². The average molecular weight is 265 g/mol. The zero-order valence-electron chi connectivity index (χ0n) is 11.9. The number of hydrogen-bond acceptors (Lipinski definition) is 2. The molecule has 0 aliphatic rings. The Morgan fingerprint density at radius 2 is 1.76 bits per heavy atom. The van der Waals surface area contributed by atoms with Crippen molar-refractivity contribution in [3.63, 3.8) is 0 Å². The Labute approximate surface area is 112 Å². The van der Waals surface area contributed by atoms with Crippen LogP contribution in [0.5, 0.6) is 0 Å². The van der Waals surface area contributed by atoms with Gasteiger partial charge in [-0.05, 0) is 24.2 Å². The van der Waals surface area contributed by atoms with Crippen LogP contribution in [0.1, 0.15) is 53.9 Å². The predicted octanol–water partition coefficient (Wildman–Crippen LogP) is 2.72. The molecule has 17 heavy (non-hydrogen) atoms. The topological polar surface area (TPSA) is 55.1 Å². The molecule has 0 radical (unpaired) electrons. The van der Waals surface area contributed by atoms with Crippen molar-refractivity contribution >= 4 is 18.3 Å². The molecule has 0 fully saturated rings. The number of amides is 1. The van der Waals surface area contributed by atoms with E-state index in [-0.39, 0.29) is 29.8 Å². The number of carbonyl (C=O) groups excluding carboxylic acids is 1. The van der Waals surface area contributed by atoms with E-state index in [1.54, 1.807) is 0 Å². The summed E-state index contributed by atoms with van der Waals surface area (Å²) in [6.45, 7) is 11.3. The molecular weight excluding hydrogens is 236 g/mol. The molecule has 0 spiro atoms. The van der Waals surface area contributed by atoms with E-state index >= 15 is 0 Å². The van der Waals surface area contributed by atoms with Crippen molar-refractivity contribution in [1.82, 2.24) is 5.32 Å². The first-order chi connectivity index (χ1) is 7.27. The second-order valence-corrected chi connectivity index (χ2v) is 6.00. The Bertz CT molecular complexity index is 212. The van der Waals surface area contributed by atoms with Crippen molar-refractivity contribution in [2.75, 3.05) is 6.54 Å². The number of carbonyl (C=O) groups is 1. The largest absolute Gasteiger partial charge is 0.353 e. The lowest BCUT2D eigenvalue weighted by molar-refractivity contribution is -0.122. The van der Waals surface area contributed by atoms with E-state index < -0.39 is 0 Å². The Balaban J connectivity index is 0. The van der Waals surface area contributed by atoms with Gasteiger partial charge >= 0.3 is 0 Å². The van der Waals surface area contributed by atoms with Crippen LogP contribution in [0.2, 0.25) is 0 Å². The van der Waals surface area contributed by atoms with Gasteiger partial charge < -0.3 is 11.1 Å². The lowest BCUT2D eigenvalue weighted by Crippen LogP contribution is -2.44. The van der Waals surface area contributed by atoms with Gasteiger partial charge in [-0.2, -0.15) is 0 Å². The minimum absolute atomic E-state index is 0. The van der Waals surface area contributed by atoms with Gasteiger partial charge in [0.1, 0.15) is 0 Å². The molecule has 1 atom stereocenters. The first-order valence-electron chi connectivity index (χ1n) is 6.26. The zero-order chi connectivity index (χ0) is 12.8. The third kappa shape index (κ3) is 9.42. The van der Waals surface area contributed by atoms with Gasteiger partial charge in [0, 0.05) is 19.0 Å². The quantitative estimate of drug-likeness (QED) is 0.775. The number of hydrogen-bond donors (Lipinski definition) is 2. The molecular formula is C13H29ClN2O. The first kappa shape index (κ1) is 19.1. The maximum Gasteiger partial charge on any atom is 0.221 e. The van der Waals surface area contributed by atoms with Crippen LogP contribution < -0.4 is 11.1 Å². The third-order valence-corrected chi connectivity index (χ3v) is 2.78. The van der Waals surface area contributed by atoms with Crippen LogP contribution >= 0.6 is 12.4 Å². The van der Waals surface area contributed by atoms with Gasteiger partial charge in [0.15, 0.2) is 0 Å². The maximum absolute atomic E-state index is 11.6. The smallest absolute Gasteiger partial charge is 0.221 e. The number of nitrogens with two attached hydrogens (primary N) is 1. The fraction of sp³-hybridized carbons (Fsp3) is 0.923.